The second kappa shape index (κ2) is 28.0. The molecule has 80 heavy (non-hydrogen) atoms. The van der Waals surface area contributed by atoms with E-state index in [-0.39, 0.29) is 13.2 Å². The Balaban J connectivity index is 1.10. The van der Waals surface area contributed by atoms with Crippen molar-refractivity contribution in [3.05, 3.63) is 144 Å². The third-order valence-corrected chi connectivity index (χ3v) is 13.5. The van der Waals surface area contributed by atoms with Crippen LogP contribution in [0.5, 0.6) is 23.0 Å². The zero-order valence-corrected chi connectivity index (χ0v) is 44.8. The Bertz CT molecular complexity index is 3180. The first-order valence-electron chi connectivity index (χ1n) is 27.4. The molecule has 16 heteroatoms. The third-order valence-electron chi connectivity index (χ3n) is 13.5. The molecular weight excluding hydrogens is 1020 g/mol. The van der Waals surface area contributed by atoms with E-state index in [1.54, 1.807) is 0 Å². The van der Waals surface area contributed by atoms with Crippen molar-refractivity contribution >= 4 is 46.4 Å². The van der Waals surface area contributed by atoms with E-state index in [0.717, 1.165) is 89.4 Å². The molecule has 0 aliphatic carbocycles. The van der Waals surface area contributed by atoms with Gasteiger partial charge in [0.2, 0.25) is 0 Å². The quantitative estimate of drug-likeness (QED) is 0.171. The summed E-state index contributed by atoms with van der Waals surface area (Å²) in [7, 11) is 0. The van der Waals surface area contributed by atoms with E-state index in [0.29, 0.717) is 142 Å². The molecule has 11 rings (SSSR count). The summed E-state index contributed by atoms with van der Waals surface area (Å²) in [6, 6.07) is 41.2. The van der Waals surface area contributed by atoms with Gasteiger partial charge in [-0.05, 0) is 95.1 Å². The van der Waals surface area contributed by atoms with Crippen molar-refractivity contribution < 1.29 is 56.8 Å². The van der Waals surface area contributed by atoms with Crippen molar-refractivity contribution in [1.82, 2.24) is 19.9 Å². The predicted octanol–water partition coefficient (Wildman–Crippen LogP) is 11.0. The number of nitrogens with zero attached hydrogens (tertiary/aromatic N) is 2. The molecule has 0 unspecified atom stereocenters. The van der Waals surface area contributed by atoms with Gasteiger partial charge >= 0.3 is 0 Å². The van der Waals surface area contributed by atoms with E-state index in [4.69, 9.17) is 66.8 Å². The Morgan fingerprint density at radius 1 is 0.250 bits per heavy atom. The van der Waals surface area contributed by atoms with Crippen LogP contribution in [0.15, 0.2) is 121 Å². The highest BCUT2D eigenvalue weighted by Crippen LogP contribution is 2.42. The smallest absolute Gasteiger partial charge is 0.161 e. The maximum Gasteiger partial charge on any atom is 0.161 e. The van der Waals surface area contributed by atoms with Crippen LogP contribution >= 0.6 is 0 Å². The van der Waals surface area contributed by atoms with E-state index in [1.165, 1.54) is 0 Å². The van der Waals surface area contributed by atoms with Crippen LogP contribution in [-0.2, 0) is 37.9 Å². The minimum atomic E-state index is 0.283. The maximum absolute atomic E-state index is 6.51. The van der Waals surface area contributed by atoms with Crippen molar-refractivity contribution in [2.24, 2.45) is 0 Å². The lowest BCUT2D eigenvalue weighted by Crippen LogP contribution is -2.16. The Morgan fingerprint density at radius 2 is 0.512 bits per heavy atom. The number of H-pyrrole nitrogens is 2. The lowest BCUT2D eigenvalue weighted by molar-refractivity contribution is -0.00841. The lowest BCUT2D eigenvalue weighted by atomic mass is 10.0. The average Bonchev–Trinajstić information content (AvgIpc) is 4.36. The molecule has 2 N–H and O–H groups in total. The van der Waals surface area contributed by atoms with Crippen molar-refractivity contribution in [2.75, 3.05) is 132 Å². The second-order valence-electron chi connectivity index (χ2n) is 18.9. The van der Waals surface area contributed by atoms with Gasteiger partial charge in [0, 0.05) is 44.3 Å². The van der Waals surface area contributed by atoms with Crippen LogP contribution in [-0.4, -0.2) is 152 Å². The molecule has 4 aliphatic heterocycles. The fourth-order valence-electron chi connectivity index (χ4n) is 9.79. The summed E-state index contributed by atoms with van der Waals surface area (Å²) in [5, 5.41) is 0. The van der Waals surface area contributed by atoms with Crippen molar-refractivity contribution in [3.8, 4) is 67.5 Å². The Kier molecular flexibility index (Phi) is 19.0. The highest BCUT2D eigenvalue weighted by Gasteiger charge is 2.21. The summed E-state index contributed by atoms with van der Waals surface area (Å²) in [4.78, 5) is 18.8. The fourth-order valence-corrected chi connectivity index (χ4v) is 9.79. The van der Waals surface area contributed by atoms with Gasteiger partial charge in [-0.3, -0.25) is 0 Å². The summed E-state index contributed by atoms with van der Waals surface area (Å²) >= 11 is 0. The maximum atomic E-state index is 6.51. The van der Waals surface area contributed by atoms with Gasteiger partial charge in [-0.25, -0.2) is 9.97 Å². The van der Waals surface area contributed by atoms with E-state index in [2.05, 4.69) is 107 Å². The molecule has 0 radical (unpaired) electrons. The molecule has 7 heterocycles. The number of aromatic amines is 2. The zero-order chi connectivity index (χ0) is 54.0. The Hall–Kier alpha value is -7.64. The molecule has 0 fully saturated rings. The highest BCUT2D eigenvalue weighted by molar-refractivity contribution is 6.00. The van der Waals surface area contributed by atoms with Gasteiger partial charge in [0.05, 0.1) is 128 Å². The number of ether oxygens (including phenoxy) is 12. The van der Waals surface area contributed by atoms with Gasteiger partial charge in [0.1, 0.15) is 26.4 Å². The van der Waals surface area contributed by atoms with Gasteiger partial charge < -0.3 is 66.8 Å². The van der Waals surface area contributed by atoms with Crippen LogP contribution in [0.2, 0.25) is 0 Å². The first kappa shape index (κ1) is 54.3. The lowest BCUT2D eigenvalue weighted by Gasteiger charge is -2.16. The van der Waals surface area contributed by atoms with E-state index in [9.17, 15) is 0 Å². The van der Waals surface area contributed by atoms with Crippen LogP contribution < -0.4 is 18.9 Å². The van der Waals surface area contributed by atoms with Crippen LogP contribution in [0.4, 0.5) is 0 Å². The van der Waals surface area contributed by atoms with Crippen LogP contribution in [0.1, 0.15) is 22.8 Å². The molecule has 7 aromatic rings. The van der Waals surface area contributed by atoms with Crippen LogP contribution in [0.25, 0.3) is 90.9 Å². The number of hydrogen-bond donors (Lipinski definition) is 2. The third kappa shape index (κ3) is 13.8. The summed E-state index contributed by atoms with van der Waals surface area (Å²) in [5.41, 5.74) is 13.8. The number of nitrogens with one attached hydrogen (secondary N) is 2. The van der Waals surface area contributed by atoms with Gasteiger partial charge in [-0.1, -0.05) is 72.8 Å². The molecule has 414 valence electrons. The van der Waals surface area contributed by atoms with Crippen molar-refractivity contribution in [1.29, 1.82) is 0 Å². The minimum Gasteiger partial charge on any atom is -0.487 e. The van der Waals surface area contributed by atoms with Crippen molar-refractivity contribution in [3.63, 3.8) is 0 Å². The molecule has 0 spiro atoms. The number of aromatic nitrogens is 4. The first-order valence-corrected chi connectivity index (χ1v) is 27.4. The summed E-state index contributed by atoms with van der Waals surface area (Å²) < 4.78 is 71.8. The topological polar surface area (TPSA) is 168 Å². The standard InChI is InChI=1S/C64H66N4O12/c1-3-7-45(8-4-1)61-49-13-14-50(65-49)62(46-9-5-2-6-10-46)52-16-18-54(67-52)64(48-12-22-58-60(44-48)80-42-38-76-34-30-72-26-24-70-28-32-74-36-40-78-58)56-20-19-55(68-56)63(53-17-15-51(61)66-53)47-11-21-57-59(43-47)79-41-37-75-33-29-71-25-23-69-27-31-73-35-39-77-57/h1-22,43-44,66-67H,23-42H2. The average molecular weight is 1080 g/mol. The fraction of sp³-hybridized carbons (Fsp3) is 0.312. The van der Waals surface area contributed by atoms with E-state index < -0.39 is 0 Å². The van der Waals surface area contributed by atoms with Gasteiger partial charge in [-0.2, -0.15) is 0 Å². The number of hydrogen-bond acceptors (Lipinski definition) is 14. The normalized spacial score (nSPS) is 16.9. The van der Waals surface area contributed by atoms with Gasteiger partial charge in [0.25, 0.3) is 0 Å². The molecule has 0 atom stereocenters. The number of fused-ring (bicyclic) bond motifs is 10. The molecule has 0 saturated heterocycles. The largest absolute Gasteiger partial charge is 0.487 e. The van der Waals surface area contributed by atoms with Gasteiger partial charge in [0.15, 0.2) is 23.0 Å². The Labute approximate surface area is 465 Å². The summed E-state index contributed by atoms with van der Waals surface area (Å²) in [5.74, 6) is 2.25. The SMILES string of the molecule is C1=Cc2nc1c(-c1ccccc1)c1ccc([nH]1)c(-c1ccc3c(c1)OCCOCCOCCOCCOCCO3)c1nc(c(-c3ccc4c(c3)OCCOCCOCCOCCOCCO4)c3ccc([nH]3)c2-c2ccccc2)C=C1. The van der Waals surface area contributed by atoms with E-state index >= 15 is 0 Å². The summed E-state index contributed by atoms with van der Waals surface area (Å²) in [6.45, 7) is 8.15. The Morgan fingerprint density at radius 3 is 0.812 bits per heavy atom. The van der Waals surface area contributed by atoms with Crippen LogP contribution in [0, 0.1) is 0 Å². The molecule has 8 bridgehead atoms. The minimum absolute atomic E-state index is 0.283. The molecule has 0 amide bonds. The first-order chi connectivity index (χ1) is 39.7. The van der Waals surface area contributed by atoms with Crippen LogP contribution in [0.3, 0.4) is 0 Å². The second-order valence-corrected chi connectivity index (χ2v) is 18.9. The van der Waals surface area contributed by atoms with Gasteiger partial charge in [-0.15, -0.1) is 0 Å². The predicted molar refractivity (Wildman–Crippen MR) is 309 cm³/mol. The number of rotatable bonds is 4. The molecule has 4 aromatic carbocycles. The van der Waals surface area contributed by atoms with E-state index in [1.807, 2.05) is 48.5 Å². The number of benzene rings is 4. The summed E-state index contributed by atoms with van der Waals surface area (Å²) in [6.07, 6.45) is 8.34. The highest BCUT2D eigenvalue weighted by atomic mass is 16.6. The zero-order valence-electron chi connectivity index (χ0n) is 44.8. The molecular formula is C64H66N4O12. The monoisotopic (exact) mass is 1080 g/mol. The van der Waals surface area contributed by atoms with Crippen molar-refractivity contribution in [2.45, 2.75) is 0 Å². The molecule has 3 aromatic heterocycles. The molecule has 4 aliphatic rings. The molecule has 16 nitrogen and oxygen atoms in total. The molecule has 0 saturated carbocycles.